The first-order valence-corrected chi connectivity index (χ1v) is 10.0. The van der Waals surface area contributed by atoms with Gasteiger partial charge in [0.1, 0.15) is 18.9 Å². The van der Waals surface area contributed by atoms with Crippen molar-refractivity contribution in [2.24, 2.45) is 0 Å². The van der Waals surface area contributed by atoms with E-state index >= 15 is 0 Å². The lowest BCUT2D eigenvalue weighted by Crippen LogP contribution is -2.39. The third-order valence-corrected chi connectivity index (χ3v) is 4.89. The number of rotatable bonds is 9. The van der Waals surface area contributed by atoms with Gasteiger partial charge in [-0.2, -0.15) is 0 Å². The highest BCUT2D eigenvalue weighted by Crippen LogP contribution is 2.34. The molecule has 9 heteroatoms. The molecule has 8 nitrogen and oxygen atoms in total. The molecule has 0 radical (unpaired) electrons. The zero-order chi connectivity index (χ0) is 19.7. The Bertz CT molecular complexity index is 800. The van der Waals surface area contributed by atoms with Crippen LogP contribution in [0.1, 0.15) is 11.1 Å². The minimum atomic E-state index is -4.13. The molecule has 2 aromatic carbocycles. The molecule has 0 bridgehead atoms. The van der Waals surface area contributed by atoms with E-state index < -0.39 is 31.9 Å². The summed E-state index contributed by atoms with van der Waals surface area (Å²) in [6.45, 7) is 0.0155. The zero-order valence-corrected chi connectivity index (χ0v) is 15.3. The van der Waals surface area contributed by atoms with Crippen molar-refractivity contribution in [2.75, 3.05) is 6.29 Å². The lowest BCUT2D eigenvalue weighted by molar-refractivity contribution is -0.139. The maximum Gasteiger partial charge on any atom is 0.407 e. The van der Waals surface area contributed by atoms with E-state index in [9.17, 15) is 24.2 Å². The fraction of sp³-hybridized carbons (Fsp3) is 0.222. The first-order chi connectivity index (χ1) is 12.9. The smallest absolute Gasteiger partial charge is 0.407 e. The van der Waals surface area contributed by atoms with Gasteiger partial charge in [-0.1, -0.05) is 60.7 Å². The van der Waals surface area contributed by atoms with Gasteiger partial charge >= 0.3 is 12.1 Å². The monoisotopic (exact) mass is 392 g/mol. The molecule has 1 unspecified atom stereocenters. The molecule has 4 N–H and O–H groups in total. The molecule has 0 saturated heterocycles. The van der Waals surface area contributed by atoms with E-state index in [2.05, 4.69) is 10.4 Å². The molecule has 0 heterocycles. The topological polar surface area (TPSA) is 125 Å². The number of benzene rings is 2. The lowest BCUT2D eigenvalue weighted by Gasteiger charge is -2.19. The van der Waals surface area contributed by atoms with E-state index in [1.807, 2.05) is 6.07 Å². The minimum absolute atomic E-state index is 0.0155. The van der Waals surface area contributed by atoms with E-state index in [0.29, 0.717) is 5.56 Å². The molecule has 0 aliphatic heterocycles. The molecule has 144 valence electrons. The normalized spacial score (nSPS) is 14.0. The number of alkyl carbamates (subject to hydrolysis) is 1. The summed E-state index contributed by atoms with van der Waals surface area (Å²) in [5, 5.41) is 13.7. The van der Waals surface area contributed by atoms with Crippen molar-refractivity contribution in [1.82, 2.24) is 10.4 Å². The van der Waals surface area contributed by atoms with Crippen LogP contribution in [-0.2, 0) is 27.1 Å². The molecule has 0 spiro atoms. The van der Waals surface area contributed by atoms with E-state index in [0.717, 1.165) is 5.56 Å². The van der Waals surface area contributed by atoms with Gasteiger partial charge in [0.05, 0.1) is 0 Å². The molecular formula is C18H21N2O6P. The Morgan fingerprint density at radius 1 is 1.00 bits per heavy atom. The number of nitrogens with one attached hydrogen (secondary N) is 2. The van der Waals surface area contributed by atoms with Crippen LogP contribution in [0, 0.1) is 0 Å². The van der Waals surface area contributed by atoms with Gasteiger partial charge < -0.3 is 20.1 Å². The van der Waals surface area contributed by atoms with Gasteiger partial charge in [0.15, 0.2) is 0 Å². The predicted molar refractivity (Wildman–Crippen MR) is 99.2 cm³/mol. The number of carboxylic acids is 1. The van der Waals surface area contributed by atoms with Crippen LogP contribution >= 0.6 is 7.52 Å². The highest BCUT2D eigenvalue weighted by Gasteiger charge is 2.28. The van der Waals surface area contributed by atoms with E-state index in [-0.39, 0.29) is 13.0 Å². The van der Waals surface area contributed by atoms with Crippen LogP contribution in [0.25, 0.3) is 0 Å². The molecule has 2 aromatic rings. The second-order valence-corrected chi connectivity index (χ2v) is 7.79. The molecule has 0 saturated carbocycles. The zero-order valence-electron chi connectivity index (χ0n) is 14.4. The summed E-state index contributed by atoms with van der Waals surface area (Å²) in [6.07, 6.45) is -1.50. The van der Waals surface area contributed by atoms with Crippen molar-refractivity contribution in [3.63, 3.8) is 0 Å². The number of carbonyl (C=O) groups excluding carboxylic acids is 1. The van der Waals surface area contributed by atoms with E-state index in [1.165, 1.54) is 0 Å². The van der Waals surface area contributed by atoms with Crippen LogP contribution in [0.5, 0.6) is 0 Å². The van der Waals surface area contributed by atoms with Crippen LogP contribution in [0.2, 0.25) is 0 Å². The van der Waals surface area contributed by atoms with Crippen molar-refractivity contribution >= 4 is 19.6 Å². The molecule has 2 atom stereocenters. The second-order valence-electron chi connectivity index (χ2n) is 5.81. The van der Waals surface area contributed by atoms with Crippen molar-refractivity contribution in [1.29, 1.82) is 0 Å². The lowest BCUT2D eigenvalue weighted by atomic mass is 10.1. The van der Waals surface area contributed by atoms with Crippen molar-refractivity contribution in [3.8, 4) is 0 Å². The molecule has 0 aliphatic rings. The summed E-state index contributed by atoms with van der Waals surface area (Å²) in [7, 11) is -4.13. The number of carboxylic acid groups (broad SMARTS) is 1. The first-order valence-electron chi connectivity index (χ1n) is 8.16. The van der Waals surface area contributed by atoms with Crippen LogP contribution in [0.4, 0.5) is 4.79 Å². The fourth-order valence-electron chi connectivity index (χ4n) is 2.27. The number of aliphatic carboxylic acids is 1. The Hall–Kier alpha value is -2.67. The highest BCUT2D eigenvalue weighted by molar-refractivity contribution is 7.55. The van der Waals surface area contributed by atoms with Crippen LogP contribution in [0.3, 0.4) is 0 Å². The summed E-state index contributed by atoms with van der Waals surface area (Å²) in [6, 6.07) is 16.4. The SMILES string of the molecule is O=C(NCP(=O)(O)N[C@H](Cc1ccccc1)C(=O)O)OCc1ccccc1. The summed E-state index contributed by atoms with van der Waals surface area (Å²) in [4.78, 5) is 33.0. The number of ether oxygens (including phenoxy) is 1. The van der Waals surface area contributed by atoms with Crippen LogP contribution in [-0.4, -0.2) is 34.4 Å². The summed E-state index contributed by atoms with van der Waals surface area (Å²) in [5.41, 5.74) is 1.47. The van der Waals surface area contributed by atoms with Gasteiger partial charge in [0.2, 0.25) is 0 Å². The number of hydrogen-bond acceptors (Lipinski definition) is 4. The number of carbonyl (C=O) groups is 2. The third-order valence-electron chi connectivity index (χ3n) is 3.59. The van der Waals surface area contributed by atoms with Crippen molar-refractivity contribution < 1.29 is 28.9 Å². The highest BCUT2D eigenvalue weighted by atomic mass is 31.2. The molecule has 1 amide bonds. The Morgan fingerprint density at radius 3 is 2.11 bits per heavy atom. The average Bonchev–Trinajstić information content (AvgIpc) is 2.66. The molecule has 2 rings (SSSR count). The Balaban J connectivity index is 1.83. The van der Waals surface area contributed by atoms with Gasteiger partial charge in [0.25, 0.3) is 7.52 Å². The molecular weight excluding hydrogens is 371 g/mol. The predicted octanol–water partition coefficient (Wildman–Crippen LogP) is 2.34. The molecule has 0 aliphatic carbocycles. The van der Waals surface area contributed by atoms with Gasteiger partial charge in [-0.05, 0) is 17.5 Å². The second kappa shape index (κ2) is 9.87. The average molecular weight is 392 g/mol. The van der Waals surface area contributed by atoms with Crippen LogP contribution < -0.4 is 10.4 Å². The summed E-state index contributed by atoms with van der Waals surface area (Å²) >= 11 is 0. The third kappa shape index (κ3) is 7.62. The Morgan fingerprint density at radius 2 is 1.56 bits per heavy atom. The first kappa shape index (κ1) is 20.6. The summed E-state index contributed by atoms with van der Waals surface area (Å²) in [5.74, 6) is -1.26. The standard InChI is InChI=1S/C18H21N2O6P/c21-17(22)16(11-14-7-3-1-4-8-14)20-27(24,25)13-19-18(23)26-12-15-9-5-2-6-10-15/h1-10,16H,11-13H2,(H,19,23)(H,21,22)(H2,20,24,25)/t16-/m1/s1. The molecule has 0 aromatic heterocycles. The maximum absolute atomic E-state index is 12.2. The van der Waals surface area contributed by atoms with Gasteiger partial charge in [-0.3, -0.25) is 9.36 Å². The molecule has 27 heavy (non-hydrogen) atoms. The molecule has 0 fully saturated rings. The number of hydrogen-bond donors (Lipinski definition) is 4. The van der Waals surface area contributed by atoms with Gasteiger partial charge in [-0.25, -0.2) is 9.88 Å². The van der Waals surface area contributed by atoms with Crippen molar-refractivity contribution in [3.05, 3.63) is 71.8 Å². The Labute approximate surface area is 156 Å². The largest absolute Gasteiger partial charge is 0.480 e. The van der Waals surface area contributed by atoms with Crippen LogP contribution in [0.15, 0.2) is 60.7 Å². The fourth-order valence-corrected chi connectivity index (χ4v) is 3.40. The quantitative estimate of drug-likeness (QED) is 0.483. The summed E-state index contributed by atoms with van der Waals surface area (Å²) < 4.78 is 17.2. The van der Waals surface area contributed by atoms with E-state index in [4.69, 9.17) is 4.74 Å². The maximum atomic E-state index is 12.2. The van der Waals surface area contributed by atoms with Gasteiger partial charge in [0, 0.05) is 0 Å². The number of amides is 1. The van der Waals surface area contributed by atoms with E-state index in [1.54, 1.807) is 54.6 Å². The minimum Gasteiger partial charge on any atom is -0.480 e. The van der Waals surface area contributed by atoms with Crippen molar-refractivity contribution in [2.45, 2.75) is 19.1 Å². The Kier molecular flexibility index (Phi) is 7.55. The van der Waals surface area contributed by atoms with Gasteiger partial charge in [-0.15, -0.1) is 0 Å².